The van der Waals surface area contributed by atoms with Crippen LogP contribution in [0.25, 0.3) is 0 Å². The van der Waals surface area contributed by atoms with Crippen molar-refractivity contribution >= 4 is 17.5 Å². The van der Waals surface area contributed by atoms with Gasteiger partial charge >= 0.3 is 0 Å². The predicted octanol–water partition coefficient (Wildman–Crippen LogP) is 0.424. The summed E-state index contributed by atoms with van der Waals surface area (Å²) >= 11 is 0. The number of rotatable bonds is 1. The fourth-order valence-corrected chi connectivity index (χ4v) is 1.63. The van der Waals surface area contributed by atoms with Gasteiger partial charge in [-0.3, -0.25) is 19.2 Å². The molecule has 0 bridgehead atoms. The summed E-state index contributed by atoms with van der Waals surface area (Å²) in [4.78, 5) is 24.2. The van der Waals surface area contributed by atoms with Gasteiger partial charge in [0.1, 0.15) is 5.78 Å². The molecule has 1 aliphatic heterocycles. The number of piperidine rings is 1. The van der Waals surface area contributed by atoms with E-state index < -0.39 is 0 Å². The first-order valence-corrected chi connectivity index (χ1v) is 4.90. The first-order valence-electron chi connectivity index (χ1n) is 4.90. The van der Waals surface area contributed by atoms with Crippen LogP contribution >= 0.6 is 0 Å². The van der Waals surface area contributed by atoms with Crippen LogP contribution in [0.3, 0.4) is 0 Å². The lowest BCUT2D eigenvalue weighted by molar-refractivity contribution is -0.128. The topological polar surface area (TPSA) is 55.2 Å². The quantitative estimate of drug-likeness (QED) is 0.627. The Bertz CT molecular complexity index is 403. The van der Waals surface area contributed by atoms with Crippen LogP contribution in [0.5, 0.6) is 0 Å². The summed E-state index contributed by atoms with van der Waals surface area (Å²) in [5, 5.41) is 4.22. The summed E-state index contributed by atoms with van der Waals surface area (Å²) in [6.45, 7) is 2.38. The van der Waals surface area contributed by atoms with Gasteiger partial charge in [-0.25, -0.2) is 0 Å². The Morgan fingerprint density at radius 1 is 1.40 bits per heavy atom. The molecule has 0 saturated carbocycles. The van der Waals surface area contributed by atoms with Crippen molar-refractivity contribution in [2.24, 2.45) is 7.05 Å². The molecular weight excluding hydrogens is 194 g/mol. The van der Waals surface area contributed by atoms with E-state index in [9.17, 15) is 9.59 Å². The third-order valence-electron chi connectivity index (χ3n) is 2.64. The summed E-state index contributed by atoms with van der Waals surface area (Å²) in [5.74, 6) is 0.515. The largest absolute Gasteiger partial charge is 0.299 e. The molecule has 0 unspecified atom stereocenters. The number of Topliss-reactive ketones (excluding diaryl/α,β-unsaturated/α-hetero) is 1. The number of aryl methyl sites for hydroxylation is 2. The molecule has 0 atom stereocenters. The van der Waals surface area contributed by atoms with Crippen LogP contribution in [0.1, 0.15) is 18.5 Å². The molecule has 0 aromatic carbocycles. The Hall–Kier alpha value is -1.65. The van der Waals surface area contributed by atoms with Crippen molar-refractivity contribution in [3.8, 4) is 0 Å². The van der Waals surface area contributed by atoms with E-state index in [0.717, 1.165) is 5.69 Å². The molecule has 80 valence electrons. The second-order valence-corrected chi connectivity index (χ2v) is 3.78. The van der Waals surface area contributed by atoms with Gasteiger partial charge in [0.2, 0.25) is 5.91 Å². The van der Waals surface area contributed by atoms with Gasteiger partial charge in [-0.05, 0) is 6.92 Å². The predicted molar refractivity (Wildman–Crippen MR) is 54.5 cm³/mol. The third kappa shape index (κ3) is 1.77. The first kappa shape index (κ1) is 9.89. The van der Waals surface area contributed by atoms with Crippen molar-refractivity contribution in [2.45, 2.75) is 19.8 Å². The van der Waals surface area contributed by atoms with Crippen LogP contribution < -0.4 is 4.90 Å². The lowest BCUT2D eigenvalue weighted by atomic mass is 10.1. The van der Waals surface area contributed by atoms with Gasteiger partial charge in [-0.1, -0.05) is 0 Å². The number of nitrogens with zero attached hydrogens (tertiary/aromatic N) is 3. The monoisotopic (exact) mass is 207 g/mol. The van der Waals surface area contributed by atoms with Gasteiger partial charge in [0.15, 0.2) is 5.82 Å². The van der Waals surface area contributed by atoms with Crippen LogP contribution in [-0.2, 0) is 16.6 Å². The number of carbonyl (C=O) groups excluding carboxylic acids is 2. The fourth-order valence-electron chi connectivity index (χ4n) is 1.63. The van der Waals surface area contributed by atoms with Crippen molar-refractivity contribution in [1.29, 1.82) is 0 Å². The van der Waals surface area contributed by atoms with E-state index in [-0.39, 0.29) is 18.1 Å². The second kappa shape index (κ2) is 3.49. The molecule has 2 rings (SSSR count). The van der Waals surface area contributed by atoms with Crippen LogP contribution in [0.4, 0.5) is 5.82 Å². The van der Waals surface area contributed by atoms with Crippen LogP contribution in [-0.4, -0.2) is 28.0 Å². The van der Waals surface area contributed by atoms with Crippen LogP contribution in [0.15, 0.2) is 6.07 Å². The van der Waals surface area contributed by atoms with E-state index in [2.05, 4.69) is 5.10 Å². The minimum Gasteiger partial charge on any atom is -0.299 e. The van der Waals surface area contributed by atoms with Crippen molar-refractivity contribution in [3.05, 3.63) is 11.8 Å². The molecule has 0 spiro atoms. The van der Waals surface area contributed by atoms with Crippen molar-refractivity contribution < 1.29 is 9.59 Å². The molecule has 0 radical (unpaired) electrons. The molecule has 0 aliphatic carbocycles. The highest BCUT2D eigenvalue weighted by atomic mass is 16.2. The van der Waals surface area contributed by atoms with E-state index >= 15 is 0 Å². The van der Waals surface area contributed by atoms with E-state index in [1.807, 2.05) is 20.0 Å². The van der Waals surface area contributed by atoms with Crippen molar-refractivity contribution in [3.63, 3.8) is 0 Å². The van der Waals surface area contributed by atoms with E-state index in [1.54, 1.807) is 9.58 Å². The number of hydrogen-bond donors (Lipinski definition) is 0. The standard InChI is InChI=1S/C10H13N3O2/c1-7-5-9(11-12(7)2)13-4-3-8(14)6-10(13)15/h5H,3-4,6H2,1-2H3. The average molecular weight is 207 g/mol. The maximum atomic E-state index is 11.6. The molecule has 1 aromatic heterocycles. The number of ketones is 1. The van der Waals surface area contributed by atoms with Crippen molar-refractivity contribution in [2.75, 3.05) is 11.4 Å². The number of amides is 1. The van der Waals surface area contributed by atoms with Gasteiger partial charge < -0.3 is 0 Å². The highest BCUT2D eigenvalue weighted by molar-refractivity contribution is 6.08. The molecule has 1 fully saturated rings. The summed E-state index contributed by atoms with van der Waals surface area (Å²) in [5.41, 5.74) is 0.995. The third-order valence-corrected chi connectivity index (χ3v) is 2.64. The fraction of sp³-hybridized carbons (Fsp3) is 0.500. The molecular formula is C10H13N3O2. The minimum absolute atomic E-state index is 0.00955. The van der Waals surface area contributed by atoms with Gasteiger partial charge in [-0.2, -0.15) is 5.10 Å². The van der Waals surface area contributed by atoms with Crippen molar-refractivity contribution in [1.82, 2.24) is 9.78 Å². The Labute approximate surface area is 87.7 Å². The minimum atomic E-state index is -0.149. The molecule has 0 N–H and O–H groups in total. The van der Waals surface area contributed by atoms with Gasteiger partial charge in [-0.15, -0.1) is 0 Å². The molecule has 5 heteroatoms. The summed E-state index contributed by atoms with van der Waals surface area (Å²) in [6.07, 6.45) is 0.441. The highest BCUT2D eigenvalue weighted by Gasteiger charge is 2.26. The molecule has 1 aromatic rings. The number of carbonyl (C=O) groups is 2. The summed E-state index contributed by atoms with van der Waals surface area (Å²) < 4.78 is 1.72. The molecule has 5 nitrogen and oxygen atoms in total. The van der Waals surface area contributed by atoms with E-state index in [4.69, 9.17) is 0 Å². The average Bonchev–Trinajstić information content (AvgIpc) is 2.46. The maximum absolute atomic E-state index is 11.6. The second-order valence-electron chi connectivity index (χ2n) is 3.78. The summed E-state index contributed by atoms with van der Waals surface area (Å²) in [6, 6.07) is 1.85. The van der Waals surface area contributed by atoms with E-state index in [1.165, 1.54) is 0 Å². The Morgan fingerprint density at radius 3 is 2.67 bits per heavy atom. The molecule has 15 heavy (non-hydrogen) atoms. The zero-order valence-electron chi connectivity index (χ0n) is 8.86. The molecule has 1 amide bonds. The maximum Gasteiger partial charge on any atom is 0.235 e. The molecule has 1 saturated heterocycles. The SMILES string of the molecule is Cc1cc(N2CCC(=O)CC2=O)nn1C. The normalized spacial score (nSPS) is 17.3. The Kier molecular flexibility index (Phi) is 2.30. The van der Waals surface area contributed by atoms with Gasteiger partial charge in [0.25, 0.3) is 0 Å². The Morgan fingerprint density at radius 2 is 2.13 bits per heavy atom. The van der Waals surface area contributed by atoms with Gasteiger partial charge in [0, 0.05) is 31.8 Å². The number of hydrogen-bond acceptors (Lipinski definition) is 3. The number of anilines is 1. The highest BCUT2D eigenvalue weighted by Crippen LogP contribution is 2.18. The first-order chi connectivity index (χ1) is 7.08. The lowest BCUT2D eigenvalue weighted by Gasteiger charge is -2.23. The van der Waals surface area contributed by atoms with Crippen LogP contribution in [0, 0.1) is 6.92 Å². The van der Waals surface area contributed by atoms with E-state index in [0.29, 0.717) is 18.8 Å². The summed E-state index contributed by atoms with van der Waals surface area (Å²) in [7, 11) is 1.83. The molecule has 1 aliphatic rings. The number of aromatic nitrogens is 2. The zero-order valence-corrected chi connectivity index (χ0v) is 8.86. The van der Waals surface area contributed by atoms with Gasteiger partial charge in [0.05, 0.1) is 6.42 Å². The Balaban J connectivity index is 2.24. The lowest BCUT2D eigenvalue weighted by Crippen LogP contribution is -2.39. The molecule has 2 heterocycles. The van der Waals surface area contributed by atoms with Crippen LogP contribution in [0.2, 0.25) is 0 Å². The zero-order chi connectivity index (χ0) is 11.0. The smallest absolute Gasteiger partial charge is 0.235 e.